The summed E-state index contributed by atoms with van der Waals surface area (Å²) >= 11 is 0. The number of aryl methyl sites for hydroxylation is 1. The quantitative estimate of drug-likeness (QED) is 0.794. The van der Waals surface area contributed by atoms with Crippen molar-refractivity contribution in [1.29, 1.82) is 5.26 Å². The van der Waals surface area contributed by atoms with E-state index < -0.39 is 0 Å². The highest BCUT2D eigenvalue weighted by Gasteiger charge is 2.33. The Morgan fingerprint density at radius 2 is 2.16 bits per heavy atom. The van der Waals surface area contributed by atoms with Crippen LogP contribution in [0.1, 0.15) is 62.3 Å². The van der Waals surface area contributed by atoms with Gasteiger partial charge in [0.25, 0.3) is 0 Å². The van der Waals surface area contributed by atoms with Gasteiger partial charge in [-0.05, 0) is 52.0 Å². The van der Waals surface area contributed by atoms with Crippen molar-refractivity contribution in [3.63, 3.8) is 0 Å². The van der Waals surface area contributed by atoms with E-state index in [1.54, 1.807) is 4.90 Å². The molecule has 1 aromatic heterocycles. The van der Waals surface area contributed by atoms with Crippen molar-refractivity contribution in [3.05, 3.63) is 17.2 Å². The van der Waals surface area contributed by atoms with E-state index in [4.69, 9.17) is 10.2 Å². The van der Waals surface area contributed by atoms with Crippen LogP contribution >= 0.6 is 0 Å². The van der Waals surface area contributed by atoms with Crippen LogP contribution in [0.25, 0.3) is 0 Å². The van der Waals surface area contributed by atoms with E-state index in [1.807, 2.05) is 6.92 Å². The molecule has 0 aromatic carbocycles. The topological polar surface area (TPSA) is 65.2 Å². The zero-order chi connectivity index (χ0) is 17.8. The number of hydrogen-bond acceptors (Lipinski definition) is 4. The van der Waals surface area contributed by atoms with Crippen molar-refractivity contribution in [2.24, 2.45) is 7.05 Å². The van der Waals surface area contributed by atoms with Crippen LogP contribution in [0.3, 0.4) is 0 Å². The molecule has 0 saturated carbocycles. The van der Waals surface area contributed by atoms with Crippen LogP contribution in [-0.2, 0) is 24.7 Å². The number of likely N-dealkylation sites (N-methyl/N-ethyl adjacent to an activating group) is 1. The number of fused-ring (bicyclic) bond motifs is 1. The van der Waals surface area contributed by atoms with Gasteiger partial charge in [0.15, 0.2) is 0 Å². The van der Waals surface area contributed by atoms with Crippen molar-refractivity contribution >= 4 is 5.91 Å². The van der Waals surface area contributed by atoms with E-state index in [1.165, 1.54) is 24.2 Å². The minimum atomic E-state index is 0.128. The van der Waals surface area contributed by atoms with Crippen molar-refractivity contribution in [1.82, 2.24) is 19.4 Å². The predicted octanol–water partition coefficient (Wildman–Crippen LogP) is 2.20. The fourth-order valence-electron chi connectivity index (χ4n) is 4.23. The number of likely N-dealkylation sites (tertiary alicyclic amines) is 1. The highest BCUT2D eigenvalue weighted by Crippen LogP contribution is 2.33. The lowest BCUT2D eigenvalue weighted by atomic mass is 10.0. The monoisotopic (exact) mass is 343 g/mol. The fourth-order valence-corrected chi connectivity index (χ4v) is 4.23. The van der Waals surface area contributed by atoms with Crippen LogP contribution in [0.2, 0.25) is 0 Å². The van der Waals surface area contributed by atoms with E-state index in [0.29, 0.717) is 26.1 Å². The largest absolute Gasteiger partial charge is 0.341 e. The standard InChI is InChI=1S/C19H29N5O/c1-3-23(13-7-11-20)18(25)14-24-12-6-10-17(24)19-21-15-8-4-5-9-16(15)22(19)2/h17H,3-10,12-14H2,1-2H3/t17-/m0/s1. The van der Waals surface area contributed by atoms with Gasteiger partial charge >= 0.3 is 0 Å². The molecule has 6 nitrogen and oxygen atoms in total. The SMILES string of the molecule is CCN(CCC#N)C(=O)CN1CCC[C@H]1c1nc2c(n1C)CCCC2. The molecule has 1 fully saturated rings. The van der Waals surface area contributed by atoms with Crippen LogP contribution in [-0.4, -0.2) is 51.4 Å². The van der Waals surface area contributed by atoms with Gasteiger partial charge in [0.05, 0.1) is 30.8 Å². The van der Waals surface area contributed by atoms with Crippen molar-refractivity contribution in [3.8, 4) is 6.07 Å². The second-order valence-electron chi connectivity index (χ2n) is 7.14. The molecule has 1 aromatic rings. The van der Waals surface area contributed by atoms with Gasteiger partial charge in [0.2, 0.25) is 5.91 Å². The van der Waals surface area contributed by atoms with Crippen LogP contribution < -0.4 is 0 Å². The average Bonchev–Trinajstić information content (AvgIpc) is 3.20. The number of hydrogen-bond donors (Lipinski definition) is 0. The summed E-state index contributed by atoms with van der Waals surface area (Å²) in [7, 11) is 2.13. The Morgan fingerprint density at radius 1 is 1.36 bits per heavy atom. The van der Waals surface area contributed by atoms with Crippen LogP contribution in [0.4, 0.5) is 0 Å². The van der Waals surface area contributed by atoms with Gasteiger partial charge in [0.1, 0.15) is 5.82 Å². The first kappa shape index (κ1) is 17.9. The minimum Gasteiger partial charge on any atom is -0.341 e. The van der Waals surface area contributed by atoms with E-state index in [2.05, 4.69) is 22.6 Å². The maximum absolute atomic E-state index is 12.6. The number of carbonyl (C=O) groups excluding carboxylic acids is 1. The maximum Gasteiger partial charge on any atom is 0.236 e. The minimum absolute atomic E-state index is 0.128. The molecular formula is C19H29N5O. The van der Waals surface area contributed by atoms with Gasteiger partial charge in [-0.2, -0.15) is 5.26 Å². The molecular weight excluding hydrogens is 314 g/mol. The number of nitriles is 1. The third kappa shape index (κ3) is 3.72. The maximum atomic E-state index is 12.6. The number of nitrogens with zero attached hydrogens (tertiary/aromatic N) is 5. The smallest absolute Gasteiger partial charge is 0.236 e. The number of aromatic nitrogens is 2. The molecule has 1 aliphatic carbocycles. The molecule has 25 heavy (non-hydrogen) atoms. The first-order valence-corrected chi connectivity index (χ1v) is 9.58. The molecule has 0 radical (unpaired) electrons. The summed E-state index contributed by atoms with van der Waals surface area (Å²) in [5.74, 6) is 1.26. The molecule has 0 spiro atoms. The molecule has 1 amide bonds. The summed E-state index contributed by atoms with van der Waals surface area (Å²) < 4.78 is 2.29. The lowest BCUT2D eigenvalue weighted by Gasteiger charge is -2.27. The molecule has 6 heteroatoms. The molecule has 2 heterocycles. The Kier molecular flexibility index (Phi) is 5.74. The Balaban J connectivity index is 1.72. The molecule has 0 N–H and O–H groups in total. The van der Waals surface area contributed by atoms with E-state index in [0.717, 1.165) is 38.1 Å². The van der Waals surface area contributed by atoms with Crippen molar-refractivity contribution in [2.45, 2.75) is 57.9 Å². The first-order valence-electron chi connectivity index (χ1n) is 9.58. The molecule has 0 bridgehead atoms. The van der Waals surface area contributed by atoms with Crippen LogP contribution in [0, 0.1) is 11.3 Å². The summed E-state index contributed by atoms with van der Waals surface area (Å²) in [6, 6.07) is 2.37. The summed E-state index contributed by atoms with van der Waals surface area (Å²) in [4.78, 5) is 21.7. The lowest BCUT2D eigenvalue weighted by Crippen LogP contribution is -2.40. The average molecular weight is 343 g/mol. The van der Waals surface area contributed by atoms with E-state index in [9.17, 15) is 4.79 Å². The third-order valence-corrected chi connectivity index (χ3v) is 5.64. The number of carbonyl (C=O) groups is 1. The number of amides is 1. The van der Waals surface area contributed by atoms with Crippen molar-refractivity contribution in [2.75, 3.05) is 26.2 Å². The number of rotatable bonds is 6. The van der Waals surface area contributed by atoms with Gasteiger partial charge in [-0.3, -0.25) is 9.69 Å². The zero-order valence-corrected chi connectivity index (χ0v) is 15.5. The molecule has 2 aliphatic rings. The normalized spacial score (nSPS) is 20.3. The van der Waals surface area contributed by atoms with E-state index >= 15 is 0 Å². The zero-order valence-electron chi connectivity index (χ0n) is 15.5. The van der Waals surface area contributed by atoms with Gasteiger partial charge < -0.3 is 9.47 Å². The fraction of sp³-hybridized carbons (Fsp3) is 0.737. The summed E-state index contributed by atoms with van der Waals surface area (Å²) in [5, 5.41) is 8.77. The van der Waals surface area contributed by atoms with Gasteiger partial charge in [-0.15, -0.1) is 0 Å². The summed E-state index contributed by atoms with van der Waals surface area (Å²) in [5.41, 5.74) is 2.66. The summed E-state index contributed by atoms with van der Waals surface area (Å²) in [6.07, 6.45) is 7.29. The van der Waals surface area contributed by atoms with Crippen molar-refractivity contribution < 1.29 is 4.79 Å². The Bertz CT molecular complexity index is 660. The Labute approximate surface area is 150 Å². The van der Waals surface area contributed by atoms with Gasteiger partial charge in [-0.1, -0.05) is 0 Å². The van der Waals surface area contributed by atoms with Gasteiger partial charge in [-0.25, -0.2) is 4.98 Å². The second kappa shape index (κ2) is 8.01. The van der Waals surface area contributed by atoms with Gasteiger partial charge in [0, 0.05) is 25.8 Å². The lowest BCUT2D eigenvalue weighted by molar-refractivity contribution is -0.132. The van der Waals surface area contributed by atoms with Crippen LogP contribution in [0.15, 0.2) is 0 Å². The molecule has 1 aliphatic heterocycles. The van der Waals surface area contributed by atoms with Crippen LogP contribution in [0.5, 0.6) is 0 Å². The molecule has 3 rings (SSSR count). The highest BCUT2D eigenvalue weighted by atomic mass is 16.2. The highest BCUT2D eigenvalue weighted by molar-refractivity contribution is 5.78. The third-order valence-electron chi connectivity index (χ3n) is 5.64. The Hall–Kier alpha value is -1.87. The molecule has 1 atom stereocenters. The second-order valence-corrected chi connectivity index (χ2v) is 7.14. The molecule has 0 unspecified atom stereocenters. The molecule has 1 saturated heterocycles. The Morgan fingerprint density at radius 3 is 2.88 bits per heavy atom. The predicted molar refractivity (Wildman–Crippen MR) is 95.9 cm³/mol. The first-order chi connectivity index (χ1) is 12.2. The number of imidazole rings is 1. The summed E-state index contributed by atoms with van der Waals surface area (Å²) in [6.45, 7) is 4.55. The molecule has 136 valence electrons. The van der Waals surface area contributed by atoms with E-state index in [-0.39, 0.29) is 11.9 Å².